The van der Waals surface area contributed by atoms with Crippen LogP contribution < -0.4 is 0 Å². The molecule has 1 aliphatic heterocycles. The fourth-order valence-corrected chi connectivity index (χ4v) is 2.94. The number of H-pyrrole nitrogens is 1. The fourth-order valence-electron chi connectivity index (χ4n) is 2.94. The highest BCUT2D eigenvalue weighted by Gasteiger charge is 2.24. The lowest BCUT2D eigenvalue weighted by molar-refractivity contribution is -0.137. The van der Waals surface area contributed by atoms with Crippen LogP contribution in [0.2, 0.25) is 0 Å². The van der Waals surface area contributed by atoms with Gasteiger partial charge in [0.2, 0.25) is 0 Å². The van der Waals surface area contributed by atoms with Gasteiger partial charge in [-0.25, -0.2) is 4.79 Å². The number of aromatic nitrogens is 2. The van der Waals surface area contributed by atoms with Crippen molar-refractivity contribution in [3.63, 3.8) is 0 Å². The van der Waals surface area contributed by atoms with Crippen LogP contribution in [0, 0.1) is 0 Å². The number of nitrogens with one attached hydrogen (secondary N) is 1. The summed E-state index contributed by atoms with van der Waals surface area (Å²) < 4.78 is 5.14. The van der Waals surface area contributed by atoms with Crippen molar-refractivity contribution in [2.45, 2.75) is 32.2 Å². The van der Waals surface area contributed by atoms with E-state index >= 15 is 0 Å². The monoisotopic (exact) mass is 327 g/mol. The molecule has 0 aliphatic carbocycles. The Labute approximate surface area is 140 Å². The number of amides is 1. The minimum atomic E-state index is -0.567. The van der Waals surface area contributed by atoms with E-state index < -0.39 is 5.97 Å². The molecule has 1 aromatic carbocycles. The van der Waals surface area contributed by atoms with E-state index in [4.69, 9.17) is 4.74 Å². The van der Waals surface area contributed by atoms with Crippen molar-refractivity contribution in [3.8, 4) is 11.3 Å². The highest BCUT2D eigenvalue weighted by Crippen LogP contribution is 2.18. The van der Waals surface area contributed by atoms with Gasteiger partial charge >= 0.3 is 5.97 Å². The normalized spacial score (nSPS) is 17.5. The Bertz CT molecular complexity index is 711. The summed E-state index contributed by atoms with van der Waals surface area (Å²) in [7, 11) is 0. The predicted octanol–water partition coefficient (Wildman–Crippen LogP) is 2.63. The molecule has 1 fully saturated rings. The summed E-state index contributed by atoms with van der Waals surface area (Å²) in [5, 5.41) is 6.78. The largest absolute Gasteiger partial charge is 0.451 e. The fraction of sp³-hybridized carbons (Fsp3) is 0.389. The van der Waals surface area contributed by atoms with Gasteiger partial charge in [0.1, 0.15) is 5.69 Å². The molecule has 6 heteroatoms. The molecule has 1 N–H and O–H groups in total. The van der Waals surface area contributed by atoms with Gasteiger partial charge in [0.05, 0.1) is 5.69 Å². The van der Waals surface area contributed by atoms with Crippen molar-refractivity contribution >= 4 is 11.9 Å². The second kappa shape index (κ2) is 7.29. The Morgan fingerprint density at radius 3 is 2.83 bits per heavy atom. The minimum Gasteiger partial charge on any atom is -0.451 e. The van der Waals surface area contributed by atoms with Crippen LogP contribution in [0.4, 0.5) is 0 Å². The maximum Gasteiger partial charge on any atom is 0.356 e. The molecule has 1 atom stereocenters. The van der Waals surface area contributed by atoms with Gasteiger partial charge in [0.15, 0.2) is 6.61 Å². The first-order chi connectivity index (χ1) is 11.6. The van der Waals surface area contributed by atoms with E-state index in [9.17, 15) is 9.59 Å². The predicted molar refractivity (Wildman–Crippen MR) is 89.3 cm³/mol. The van der Waals surface area contributed by atoms with Gasteiger partial charge in [-0.2, -0.15) is 5.10 Å². The zero-order valence-electron chi connectivity index (χ0n) is 13.7. The number of aromatic amines is 1. The summed E-state index contributed by atoms with van der Waals surface area (Å²) in [5.41, 5.74) is 1.82. The minimum absolute atomic E-state index is 0.140. The summed E-state index contributed by atoms with van der Waals surface area (Å²) in [4.78, 5) is 26.1. The summed E-state index contributed by atoms with van der Waals surface area (Å²) in [5.74, 6) is -0.707. The molecule has 2 heterocycles. The molecule has 1 aromatic heterocycles. The van der Waals surface area contributed by atoms with Gasteiger partial charge in [-0.15, -0.1) is 0 Å². The smallest absolute Gasteiger partial charge is 0.356 e. The lowest BCUT2D eigenvalue weighted by Gasteiger charge is -2.33. The number of esters is 1. The van der Waals surface area contributed by atoms with Crippen LogP contribution in [0.25, 0.3) is 11.3 Å². The summed E-state index contributed by atoms with van der Waals surface area (Å²) in [6, 6.07) is 11.4. The van der Waals surface area contributed by atoms with Crippen LogP contribution in [0.3, 0.4) is 0 Å². The molecule has 6 nitrogen and oxygen atoms in total. The zero-order valence-corrected chi connectivity index (χ0v) is 13.7. The molecule has 2 aromatic rings. The topological polar surface area (TPSA) is 75.3 Å². The molecule has 24 heavy (non-hydrogen) atoms. The molecule has 1 aliphatic rings. The van der Waals surface area contributed by atoms with Crippen molar-refractivity contribution in [1.29, 1.82) is 0 Å². The van der Waals surface area contributed by atoms with E-state index in [0.29, 0.717) is 5.69 Å². The molecule has 126 valence electrons. The van der Waals surface area contributed by atoms with E-state index in [1.807, 2.05) is 37.3 Å². The molecular formula is C18H21N3O3. The first-order valence-corrected chi connectivity index (χ1v) is 8.22. The van der Waals surface area contributed by atoms with Crippen molar-refractivity contribution in [3.05, 3.63) is 42.1 Å². The van der Waals surface area contributed by atoms with E-state index in [2.05, 4.69) is 10.2 Å². The van der Waals surface area contributed by atoms with Crippen LogP contribution in [0.15, 0.2) is 36.4 Å². The maximum absolute atomic E-state index is 12.2. The van der Waals surface area contributed by atoms with Gasteiger partial charge in [0.25, 0.3) is 5.91 Å². The number of hydrogen-bond acceptors (Lipinski definition) is 4. The summed E-state index contributed by atoms with van der Waals surface area (Å²) in [6.45, 7) is 2.53. The van der Waals surface area contributed by atoms with Gasteiger partial charge in [-0.1, -0.05) is 30.3 Å². The average Bonchev–Trinajstić information content (AvgIpc) is 3.11. The SMILES string of the molecule is C[C@H]1CCCCN1C(=O)COC(=O)c1cc(-c2ccccc2)n[nH]1. The zero-order chi connectivity index (χ0) is 16.9. The van der Waals surface area contributed by atoms with E-state index in [-0.39, 0.29) is 24.2 Å². The number of ether oxygens (including phenoxy) is 1. The molecule has 1 amide bonds. The van der Waals surface area contributed by atoms with Crippen LogP contribution in [0.5, 0.6) is 0 Å². The Balaban J connectivity index is 1.57. The first-order valence-electron chi connectivity index (χ1n) is 8.22. The lowest BCUT2D eigenvalue weighted by Crippen LogP contribution is -2.44. The van der Waals surface area contributed by atoms with Gasteiger partial charge in [-0.05, 0) is 32.3 Å². The number of likely N-dealkylation sites (tertiary alicyclic amines) is 1. The maximum atomic E-state index is 12.2. The third kappa shape index (κ3) is 3.64. The number of carbonyl (C=O) groups excluding carboxylic acids is 2. The first kappa shape index (κ1) is 16.2. The van der Waals surface area contributed by atoms with Gasteiger partial charge in [0, 0.05) is 18.2 Å². The van der Waals surface area contributed by atoms with Gasteiger partial charge < -0.3 is 9.64 Å². The van der Waals surface area contributed by atoms with E-state index in [1.165, 1.54) is 0 Å². The van der Waals surface area contributed by atoms with Crippen LogP contribution in [-0.2, 0) is 9.53 Å². The second-order valence-corrected chi connectivity index (χ2v) is 6.04. The molecule has 0 bridgehead atoms. The highest BCUT2D eigenvalue weighted by molar-refractivity contribution is 5.90. The molecular weight excluding hydrogens is 306 g/mol. The van der Waals surface area contributed by atoms with Crippen molar-refractivity contribution in [1.82, 2.24) is 15.1 Å². The molecule has 0 saturated carbocycles. The quantitative estimate of drug-likeness (QED) is 0.876. The lowest BCUT2D eigenvalue weighted by atomic mass is 10.0. The number of piperidine rings is 1. The third-order valence-corrected chi connectivity index (χ3v) is 4.32. The van der Waals surface area contributed by atoms with Crippen molar-refractivity contribution in [2.24, 2.45) is 0 Å². The third-order valence-electron chi connectivity index (χ3n) is 4.32. The molecule has 0 radical (unpaired) electrons. The van der Waals surface area contributed by atoms with Crippen LogP contribution in [-0.4, -0.2) is 46.2 Å². The Morgan fingerprint density at radius 1 is 1.29 bits per heavy atom. The van der Waals surface area contributed by atoms with Crippen LogP contribution >= 0.6 is 0 Å². The second-order valence-electron chi connectivity index (χ2n) is 6.04. The molecule has 0 unspecified atom stereocenters. The number of benzene rings is 1. The highest BCUT2D eigenvalue weighted by atomic mass is 16.5. The van der Waals surface area contributed by atoms with Crippen molar-refractivity contribution < 1.29 is 14.3 Å². The molecule has 0 spiro atoms. The van der Waals surface area contributed by atoms with E-state index in [0.717, 1.165) is 31.4 Å². The number of carbonyl (C=O) groups is 2. The average molecular weight is 327 g/mol. The number of nitrogens with zero attached hydrogens (tertiary/aromatic N) is 2. The molecule has 1 saturated heterocycles. The number of hydrogen-bond donors (Lipinski definition) is 1. The number of rotatable bonds is 4. The van der Waals surface area contributed by atoms with Crippen LogP contribution in [0.1, 0.15) is 36.7 Å². The Hall–Kier alpha value is -2.63. The molecule has 3 rings (SSSR count). The Kier molecular flexibility index (Phi) is 4.93. The van der Waals surface area contributed by atoms with Gasteiger partial charge in [-0.3, -0.25) is 9.89 Å². The summed E-state index contributed by atoms with van der Waals surface area (Å²) in [6.07, 6.45) is 3.15. The van der Waals surface area contributed by atoms with Crippen molar-refractivity contribution in [2.75, 3.05) is 13.2 Å². The van der Waals surface area contributed by atoms with E-state index in [1.54, 1.807) is 11.0 Å². The summed E-state index contributed by atoms with van der Waals surface area (Å²) >= 11 is 0. The standard InChI is InChI=1S/C18H21N3O3/c1-13-7-5-6-10-21(13)17(22)12-24-18(23)16-11-15(19-20-16)14-8-3-2-4-9-14/h2-4,8-9,11,13H,5-7,10,12H2,1H3,(H,19,20)/t13-/m0/s1. The Morgan fingerprint density at radius 2 is 2.08 bits per heavy atom.